The Bertz CT molecular complexity index is 590. The lowest BCUT2D eigenvalue weighted by atomic mass is 10.2. The fourth-order valence-electron chi connectivity index (χ4n) is 2.39. The first-order valence-corrected chi connectivity index (χ1v) is 7.41. The summed E-state index contributed by atoms with van der Waals surface area (Å²) in [4.78, 5) is 17.4. The Morgan fingerprint density at radius 2 is 1.85 bits per heavy atom. The van der Waals surface area contributed by atoms with Crippen molar-refractivity contribution in [1.82, 2.24) is 14.5 Å². The van der Waals surface area contributed by atoms with E-state index in [2.05, 4.69) is 26.6 Å². The number of rotatable bonds is 2. The molecule has 0 aliphatic carbocycles. The highest BCUT2D eigenvalue weighted by Gasteiger charge is 2.25. The van der Waals surface area contributed by atoms with Crippen molar-refractivity contribution in [2.24, 2.45) is 0 Å². The van der Waals surface area contributed by atoms with Crippen molar-refractivity contribution in [3.05, 3.63) is 40.9 Å². The molecule has 3 rings (SSSR count). The summed E-state index contributed by atoms with van der Waals surface area (Å²) in [6.07, 6.45) is 0. The Kier molecular flexibility index (Phi) is 3.64. The van der Waals surface area contributed by atoms with Gasteiger partial charge in [-0.1, -0.05) is 22.7 Å². The Hall–Kier alpha value is -1.95. The lowest BCUT2D eigenvalue weighted by molar-refractivity contribution is 0.0740. The number of para-hydroxylation sites is 1. The van der Waals surface area contributed by atoms with Gasteiger partial charge in [0.05, 0.1) is 4.88 Å². The van der Waals surface area contributed by atoms with Crippen LogP contribution < -0.4 is 4.90 Å². The Morgan fingerprint density at radius 3 is 2.45 bits per heavy atom. The molecule has 0 saturated carbocycles. The summed E-state index contributed by atoms with van der Waals surface area (Å²) in [5, 5.41) is 3.93. The normalized spacial score (nSPS) is 15.4. The monoisotopic (exact) mass is 288 g/mol. The molecule has 20 heavy (non-hydrogen) atoms. The van der Waals surface area contributed by atoms with Crippen LogP contribution in [0.1, 0.15) is 15.4 Å². The summed E-state index contributed by atoms with van der Waals surface area (Å²) in [7, 11) is 0. The second-order valence-electron chi connectivity index (χ2n) is 4.79. The number of amides is 1. The van der Waals surface area contributed by atoms with E-state index >= 15 is 0 Å². The van der Waals surface area contributed by atoms with Crippen molar-refractivity contribution in [3.8, 4) is 0 Å². The van der Waals surface area contributed by atoms with Crippen LogP contribution in [-0.4, -0.2) is 46.6 Å². The van der Waals surface area contributed by atoms with Gasteiger partial charge in [-0.15, -0.1) is 5.10 Å². The van der Waals surface area contributed by atoms with Crippen LogP contribution in [0.5, 0.6) is 0 Å². The van der Waals surface area contributed by atoms with Crippen molar-refractivity contribution in [3.63, 3.8) is 0 Å². The first-order valence-electron chi connectivity index (χ1n) is 6.64. The van der Waals surface area contributed by atoms with E-state index in [4.69, 9.17) is 0 Å². The number of carbonyl (C=O) groups excluding carboxylic acids is 1. The van der Waals surface area contributed by atoms with Crippen molar-refractivity contribution in [2.75, 3.05) is 31.1 Å². The van der Waals surface area contributed by atoms with Gasteiger partial charge < -0.3 is 9.80 Å². The van der Waals surface area contributed by atoms with Crippen LogP contribution in [-0.2, 0) is 0 Å². The third-order valence-electron chi connectivity index (χ3n) is 3.54. The minimum Gasteiger partial charge on any atom is -0.368 e. The number of carbonyl (C=O) groups is 1. The van der Waals surface area contributed by atoms with E-state index in [1.165, 1.54) is 17.2 Å². The fraction of sp³-hybridized carbons (Fsp3) is 0.357. The standard InChI is InChI=1S/C14H16N4OS/c1-11-13(15-16-20-11)14(19)18-9-7-17(8-10-18)12-5-3-2-4-6-12/h2-6H,7-10H2,1H3. The van der Waals surface area contributed by atoms with Crippen molar-refractivity contribution >= 4 is 23.1 Å². The molecule has 0 N–H and O–H groups in total. The number of aromatic nitrogens is 2. The maximum atomic E-state index is 12.3. The molecule has 1 fully saturated rings. The van der Waals surface area contributed by atoms with Gasteiger partial charge in [0.2, 0.25) is 0 Å². The molecule has 0 bridgehead atoms. The van der Waals surface area contributed by atoms with Crippen LogP contribution in [0.15, 0.2) is 30.3 Å². The molecule has 104 valence electrons. The Labute approximate surface area is 122 Å². The molecule has 2 aromatic rings. The molecule has 0 unspecified atom stereocenters. The molecule has 1 aliphatic rings. The highest BCUT2D eigenvalue weighted by molar-refractivity contribution is 7.05. The summed E-state index contributed by atoms with van der Waals surface area (Å²) in [5.74, 6) is 0.00367. The van der Waals surface area contributed by atoms with E-state index in [0.717, 1.165) is 31.1 Å². The molecule has 0 atom stereocenters. The average Bonchev–Trinajstić information content (AvgIpc) is 2.94. The summed E-state index contributed by atoms with van der Waals surface area (Å²) < 4.78 is 3.83. The van der Waals surface area contributed by atoms with Crippen molar-refractivity contribution in [2.45, 2.75) is 6.92 Å². The lowest BCUT2D eigenvalue weighted by Gasteiger charge is -2.35. The van der Waals surface area contributed by atoms with Gasteiger partial charge in [-0.05, 0) is 30.6 Å². The maximum absolute atomic E-state index is 12.3. The Morgan fingerprint density at radius 1 is 1.15 bits per heavy atom. The topological polar surface area (TPSA) is 49.3 Å². The predicted octanol–water partition coefficient (Wildman–Crippen LogP) is 1.81. The largest absolute Gasteiger partial charge is 0.368 e. The second-order valence-corrected chi connectivity index (χ2v) is 5.75. The number of aryl methyl sites for hydroxylation is 1. The quantitative estimate of drug-likeness (QED) is 0.845. The molecular weight excluding hydrogens is 272 g/mol. The van der Waals surface area contributed by atoms with E-state index in [9.17, 15) is 4.79 Å². The summed E-state index contributed by atoms with van der Waals surface area (Å²) >= 11 is 1.28. The molecule has 6 heteroatoms. The van der Waals surface area contributed by atoms with Gasteiger partial charge in [0.25, 0.3) is 5.91 Å². The zero-order valence-electron chi connectivity index (χ0n) is 11.3. The number of hydrogen-bond acceptors (Lipinski definition) is 5. The molecule has 2 heterocycles. The highest BCUT2D eigenvalue weighted by atomic mass is 32.1. The van der Waals surface area contributed by atoms with Gasteiger partial charge in [-0.25, -0.2) is 0 Å². The highest BCUT2D eigenvalue weighted by Crippen LogP contribution is 2.17. The lowest BCUT2D eigenvalue weighted by Crippen LogP contribution is -2.49. The molecule has 1 aromatic heterocycles. The number of anilines is 1. The van der Waals surface area contributed by atoms with Crippen LogP contribution >= 0.6 is 11.5 Å². The van der Waals surface area contributed by atoms with Crippen molar-refractivity contribution in [1.29, 1.82) is 0 Å². The van der Waals surface area contributed by atoms with Crippen molar-refractivity contribution < 1.29 is 4.79 Å². The number of piperazine rings is 1. The van der Waals surface area contributed by atoms with E-state index in [0.29, 0.717) is 5.69 Å². The van der Waals surface area contributed by atoms with E-state index in [1.807, 2.05) is 30.0 Å². The predicted molar refractivity (Wildman–Crippen MR) is 79.2 cm³/mol. The first kappa shape index (κ1) is 13.1. The van der Waals surface area contributed by atoms with E-state index in [-0.39, 0.29) is 5.91 Å². The molecule has 1 saturated heterocycles. The van der Waals surface area contributed by atoms with Gasteiger partial charge >= 0.3 is 0 Å². The zero-order valence-corrected chi connectivity index (χ0v) is 12.1. The first-order chi connectivity index (χ1) is 9.75. The molecule has 5 nitrogen and oxygen atoms in total. The van der Waals surface area contributed by atoms with Gasteiger partial charge in [0.1, 0.15) is 0 Å². The third-order valence-corrected chi connectivity index (χ3v) is 4.17. The number of benzene rings is 1. The molecule has 1 aliphatic heterocycles. The van der Waals surface area contributed by atoms with Gasteiger partial charge in [-0.2, -0.15) is 0 Å². The zero-order chi connectivity index (χ0) is 13.9. The maximum Gasteiger partial charge on any atom is 0.275 e. The molecule has 1 amide bonds. The summed E-state index contributed by atoms with van der Waals surface area (Å²) in [5.41, 5.74) is 1.72. The number of nitrogens with zero attached hydrogens (tertiary/aromatic N) is 4. The van der Waals surface area contributed by atoms with E-state index in [1.54, 1.807) is 0 Å². The SMILES string of the molecule is Cc1snnc1C(=O)N1CCN(c2ccccc2)CC1. The molecule has 0 spiro atoms. The van der Waals surface area contributed by atoms with Gasteiger partial charge in [0, 0.05) is 31.9 Å². The minimum atomic E-state index is 0.00367. The molecule has 1 aromatic carbocycles. The molecular formula is C14H16N4OS. The van der Waals surface area contributed by atoms with Crippen LogP contribution in [0.2, 0.25) is 0 Å². The van der Waals surface area contributed by atoms with Crippen LogP contribution in [0.4, 0.5) is 5.69 Å². The smallest absolute Gasteiger partial charge is 0.275 e. The van der Waals surface area contributed by atoms with Gasteiger partial charge in [0.15, 0.2) is 5.69 Å². The van der Waals surface area contributed by atoms with Crippen LogP contribution in [0, 0.1) is 6.92 Å². The minimum absolute atomic E-state index is 0.00367. The van der Waals surface area contributed by atoms with Crippen LogP contribution in [0.25, 0.3) is 0 Å². The van der Waals surface area contributed by atoms with Gasteiger partial charge in [-0.3, -0.25) is 4.79 Å². The van der Waals surface area contributed by atoms with Crippen LogP contribution in [0.3, 0.4) is 0 Å². The summed E-state index contributed by atoms with van der Waals surface area (Å²) in [6, 6.07) is 10.3. The third kappa shape index (κ3) is 2.51. The molecule has 0 radical (unpaired) electrons. The average molecular weight is 288 g/mol. The summed E-state index contributed by atoms with van der Waals surface area (Å²) in [6.45, 7) is 5.05. The fourth-order valence-corrected chi connectivity index (χ4v) is 2.85. The van der Waals surface area contributed by atoms with E-state index < -0.39 is 0 Å². The second kappa shape index (κ2) is 5.58. The number of hydrogen-bond donors (Lipinski definition) is 0. The Balaban J connectivity index is 1.64.